The van der Waals surface area contributed by atoms with Gasteiger partial charge in [-0.15, -0.1) is 10.2 Å². The first-order valence-electron chi connectivity index (χ1n) is 7.68. The third-order valence-corrected chi connectivity index (χ3v) is 5.10. The average Bonchev–Trinajstić information content (AvgIpc) is 2.98. The highest BCUT2D eigenvalue weighted by Crippen LogP contribution is 2.28. The highest BCUT2D eigenvalue weighted by molar-refractivity contribution is 9.10. The number of benzene rings is 2. The highest BCUT2D eigenvalue weighted by Gasteiger charge is 2.14. The quantitative estimate of drug-likeness (QED) is 0.455. The van der Waals surface area contributed by atoms with Gasteiger partial charge in [0.2, 0.25) is 11.1 Å². The maximum atomic E-state index is 12.9. The van der Waals surface area contributed by atoms with E-state index in [9.17, 15) is 9.18 Å². The molecule has 0 saturated heterocycles. The van der Waals surface area contributed by atoms with Crippen LogP contribution in [0.25, 0.3) is 11.4 Å². The van der Waals surface area contributed by atoms with Crippen molar-refractivity contribution in [2.45, 2.75) is 11.6 Å². The number of nitrogens with two attached hydrogens (primary N) is 1. The summed E-state index contributed by atoms with van der Waals surface area (Å²) in [4.78, 5) is 11.9. The lowest BCUT2D eigenvalue weighted by Gasteiger charge is -2.06. The Balaban J connectivity index is 1.56. The Morgan fingerprint density at radius 3 is 2.65 bits per heavy atom. The summed E-state index contributed by atoms with van der Waals surface area (Å²) in [5.41, 5.74) is 1.39. The van der Waals surface area contributed by atoms with E-state index in [2.05, 4.69) is 31.4 Å². The van der Waals surface area contributed by atoms with Crippen molar-refractivity contribution in [2.75, 3.05) is 16.9 Å². The zero-order chi connectivity index (χ0) is 18.5. The van der Waals surface area contributed by atoms with Crippen molar-refractivity contribution in [3.8, 4) is 11.4 Å². The molecule has 1 heterocycles. The lowest BCUT2D eigenvalue weighted by molar-refractivity contribution is -0.115. The third kappa shape index (κ3) is 4.41. The number of nitrogen functional groups attached to an aromatic ring is 1. The van der Waals surface area contributed by atoms with Crippen LogP contribution in [0.4, 0.5) is 10.1 Å². The lowest BCUT2D eigenvalue weighted by atomic mass is 10.2. The Morgan fingerprint density at radius 2 is 1.92 bits per heavy atom. The van der Waals surface area contributed by atoms with Gasteiger partial charge in [0, 0.05) is 27.9 Å². The molecule has 26 heavy (non-hydrogen) atoms. The van der Waals surface area contributed by atoms with Crippen LogP contribution >= 0.6 is 27.7 Å². The summed E-state index contributed by atoms with van der Waals surface area (Å²) < 4.78 is 15.1. The van der Waals surface area contributed by atoms with E-state index >= 15 is 0 Å². The number of nitrogens with zero attached hydrogens (tertiary/aromatic N) is 3. The fourth-order valence-corrected chi connectivity index (χ4v) is 3.45. The van der Waals surface area contributed by atoms with Crippen LogP contribution in [0, 0.1) is 5.82 Å². The van der Waals surface area contributed by atoms with Gasteiger partial charge in [-0.25, -0.2) is 9.07 Å². The van der Waals surface area contributed by atoms with Crippen molar-refractivity contribution in [3.05, 3.63) is 58.8 Å². The van der Waals surface area contributed by atoms with Crippen LogP contribution in [-0.2, 0) is 4.79 Å². The number of nitrogens with one attached hydrogen (secondary N) is 1. The SMILES string of the molecule is Nn1c(SCCC(=O)Nc2ccc(F)cc2)nnc1-c1ccccc1Br. The summed E-state index contributed by atoms with van der Waals surface area (Å²) in [6.45, 7) is 0. The van der Waals surface area contributed by atoms with Crippen molar-refractivity contribution in [1.82, 2.24) is 14.9 Å². The number of thioether (sulfide) groups is 1. The monoisotopic (exact) mass is 435 g/mol. The van der Waals surface area contributed by atoms with Crippen molar-refractivity contribution < 1.29 is 9.18 Å². The smallest absolute Gasteiger partial charge is 0.225 e. The van der Waals surface area contributed by atoms with Crippen molar-refractivity contribution in [3.63, 3.8) is 0 Å². The zero-order valence-electron chi connectivity index (χ0n) is 13.5. The first-order chi connectivity index (χ1) is 12.5. The van der Waals surface area contributed by atoms with Crippen molar-refractivity contribution >= 4 is 39.3 Å². The predicted octanol–water partition coefficient (Wildman–Crippen LogP) is 3.68. The van der Waals surface area contributed by atoms with Gasteiger partial charge < -0.3 is 11.2 Å². The summed E-state index contributed by atoms with van der Waals surface area (Å²) in [5.74, 6) is 6.58. The third-order valence-electron chi connectivity index (χ3n) is 3.47. The molecule has 3 rings (SSSR count). The van der Waals surface area contributed by atoms with E-state index in [0.29, 0.717) is 22.4 Å². The van der Waals surface area contributed by atoms with Crippen LogP contribution in [0.5, 0.6) is 0 Å². The first kappa shape index (κ1) is 18.4. The Labute approximate surface area is 162 Å². The molecule has 0 unspecified atom stereocenters. The standard InChI is InChI=1S/C17H15BrFN5OS/c18-14-4-2-1-3-13(14)16-22-23-17(24(16)20)26-10-9-15(25)21-12-7-5-11(19)6-8-12/h1-8H,9-10,20H2,(H,21,25). The highest BCUT2D eigenvalue weighted by atomic mass is 79.9. The van der Waals surface area contributed by atoms with Crippen LogP contribution in [-0.4, -0.2) is 26.5 Å². The molecule has 9 heteroatoms. The molecule has 6 nitrogen and oxygen atoms in total. The molecule has 0 atom stereocenters. The number of carbonyl (C=O) groups excluding carboxylic acids is 1. The minimum Gasteiger partial charge on any atom is -0.335 e. The number of amides is 1. The van der Waals surface area contributed by atoms with Gasteiger partial charge in [-0.3, -0.25) is 4.79 Å². The normalized spacial score (nSPS) is 10.7. The Morgan fingerprint density at radius 1 is 1.19 bits per heavy atom. The topological polar surface area (TPSA) is 85.8 Å². The number of carbonyl (C=O) groups is 1. The minimum atomic E-state index is -0.346. The van der Waals surface area contributed by atoms with E-state index in [1.165, 1.54) is 40.7 Å². The van der Waals surface area contributed by atoms with Gasteiger partial charge >= 0.3 is 0 Å². The van der Waals surface area contributed by atoms with E-state index in [4.69, 9.17) is 5.84 Å². The molecule has 0 aliphatic rings. The first-order valence-corrected chi connectivity index (χ1v) is 9.46. The number of aromatic nitrogens is 3. The summed E-state index contributed by atoms with van der Waals surface area (Å²) in [7, 11) is 0. The van der Waals surface area contributed by atoms with Crippen LogP contribution in [0.1, 0.15) is 6.42 Å². The van der Waals surface area contributed by atoms with Gasteiger partial charge in [0.25, 0.3) is 0 Å². The molecule has 2 aromatic carbocycles. The maximum absolute atomic E-state index is 12.9. The summed E-state index contributed by atoms with van der Waals surface area (Å²) in [6, 6.07) is 13.2. The lowest BCUT2D eigenvalue weighted by Crippen LogP contribution is -2.14. The Bertz CT molecular complexity index is 916. The molecular formula is C17H15BrFN5OS. The molecule has 0 radical (unpaired) electrons. The molecular weight excluding hydrogens is 421 g/mol. The fourth-order valence-electron chi connectivity index (χ4n) is 2.19. The molecule has 0 spiro atoms. The Hall–Kier alpha value is -2.39. The van der Waals surface area contributed by atoms with Gasteiger partial charge in [0.15, 0.2) is 5.82 Å². The van der Waals surface area contributed by atoms with Gasteiger partial charge in [-0.05, 0) is 36.4 Å². The second-order valence-corrected chi connectivity index (χ2v) is 7.23. The predicted molar refractivity (Wildman–Crippen MR) is 104 cm³/mol. The summed E-state index contributed by atoms with van der Waals surface area (Å²) in [5, 5.41) is 11.4. The second-order valence-electron chi connectivity index (χ2n) is 5.31. The number of hydrogen-bond donors (Lipinski definition) is 2. The van der Waals surface area contributed by atoms with Crippen LogP contribution in [0.3, 0.4) is 0 Å². The molecule has 0 aliphatic carbocycles. The van der Waals surface area contributed by atoms with Crippen LogP contribution < -0.4 is 11.2 Å². The van der Waals surface area contributed by atoms with Crippen molar-refractivity contribution in [2.24, 2.45) is 0 Å². The summed E-state index contributed by atoms with van der Waals surface area (Å²) in [6.07, 6.45) is 0.263. The van der Waals surface area contributed by atoms with E-state index < -0.39 is 0 Å². The number of halogens is 2. The molecule has 3 aromatic rings. The molecule has 1 amide bonds. The largest absolute Gasteiger partial charge is 0.335 e. The number of rotatable bonds is 6. The van der Waals surface area contributed by atoms with Gasteiger partial charge in [-0.1, -0.05) is 39.8 Å². The molecule has 3 N–H and O–H groups in total. The van der Waals surface area contributed by atoms with Crippen LogP contribution in [0.15, 0.2) is 58.2 Å². The molecule has 0 saturated carbocycles. The van der Waals surface area contributed by atoms with Gasteiger partial charge in [0.05, 0.1) is 0 Å². The average molecular weight is 436 g/mol. The molecule has 0 fully saturated rings. The second kappa shape index (κ2) is 8.33. The van der Waals surface area contributed by atoms with E-state index in [1.807, 2.05) is 24.3 Å². The van der Waals surface area contributed by atoms with E-state index in [-0.39, 0.29) is 18.1 Å². The van der Waals surface area contributed by atoms with Crippen molar-refractivity contribution in [1.29, 1.82) is 0 Å². The van der Waals surface area contributed by atoms with E-state index in [0.717, 1.165) is 10.0 Å². The Kier molecular flexibility index (Phi) is 5.89. The molecule has 0 aliphatic heterocycles. The zero-order valence-corrected chi connectivity index (χ0v) is 15.9. The molecule has 1 aromatic heterocycles. The minimum absolute atomic E-state index is 0.168. The number of hydrogen-bond acceptors (Lipinski definition) is 5. The fraction of sp³-hybridized carbons (Fsp3) is 0.118. The van der Waals surface area contributed by atoms with Gasteiger partial charge in [0.1, 0.15) is 5.82 Å². The molecule has 134 valence electrons. The maximum Gasteiger partial charge on any atom is 0.225 e. The summed E-state index contributed by atoms with van der Waals surface area (Å²) >= 11 is 4.80. The van der Waals surface area contributed by atoms with Gasteiger partial charge in [-0.2, -0.15) is 0 Å². The number of anilines is 1. The van der Waals surface area contributed by atoms with E-state index in [1.54, 1.807) is 0 Å². The molecule has 0 bridgehead atoms. The van der Waals surface area contributed by atoms with Crippen LogP contribution in [0.2, 0.25) is 0 Å².